The maximum Gasteiger partial charge on any atom is 0.340 e. The summed E-state index contributed by atoms with van der Waals surface area (Å²) in [4.78, 5) is 27.3. The molecule has 0 bridgehead atoms. The second kappa shape index (κ2) is 5.88. The molecule has 1 aromatic heterocycles. The van der Waals surface area contributed by atoms with E-state index in [9.17, 15) is 9.59 Å². The zero-order chi connectivity index (χ0) is 15.5. The van der Waals surface area contributed by atoms with Crippen molar-refractivity contribution in [3.63, 3.8) is 0 Å². The van der Waals surface area contributed by atoms with E-state index in [1.165, 1.54) is 14.0 Å². The summed E-state index contributed by atoms with van der Waals surface area (Å²) in [6.07, 6.45) is 5.38. The number of ether oxygens (including phenoxy) is 1. The van der Waals surface area contributed by atoms with E-state index < -0.39 is 14.0 Å². The number of anilines is 1. The molecule has 6 heteroatoms. The number of methoxy groups -OCH3 is 1. The van der Waals surface area contributed by atoms with E-state index in [-0.39, 0.29) is 17.2 Å². The minimum atomic E-state index is -1.82. The molecule has 0 fully saturated rings. The van der Waals surface area contributed by atoms with Gasteiger partial charge in [0.25, 0.3) is 0 Å². The first-order valence-electron chi connectivity index (χ1n) is 6.08. The summed E-state index contributed by atoms with van der Waals surface area (Å²) >= 11 is 0. The van der Waals surface area contributed by atoms with Gasteiger partial charge in [0.2, 0.25) is 5.91 Å². The largest absolute Gasteiger partial charge is 0.465 e. The van der Waals surface area contributed by atoms with Crippen LogP contribution in [-0.4, -0.2) is 32.0 Å². The number of aromatic nitrogens is 1. The van der Waals surface area contributed by atoms with Crippen molar-refractivity contribution < 1.29 is 14.3 Å². The standard InChI is InChI=1S/C14H18N2O3Si/c1-7-11-10(14(18)19-3)8-12(20(4,5)6)13(16-11)15-9(2)17/h1,8H,2-6H3,(H,15,16,17). The summed E-state index contributed by atoms with van der Waals surface area (Å²) in [5, 5.41) is 3.53. The third kappa shape index (κ3) is 3.45. The molecule has 0 atom stereocenters. The van der Waals surface area contributed by atoms with Crippen LogP contribution < -0.4 is 10.5 Å². The predicted molar refractivity (Wildman–Crippen MR) is 80.8 cm³/mol. The molecule has 1 N–H and O–H groups in total. The first-order valence-corrected chi connectivity index (χ1v) is 9.58. The van der Waals surface area contributed by atoms with Gasteiger partial charge in [0, 0.05) is 6.92 Å². The lowest BCUT2D eigenvalue weighted by atomic mass is 10.2. The number of pyridine rings is 1. The fourth-order valence-corrected chi connectivity index (χ4v) is 3.13. The number of terminal acetylenes is 1. The van der Waals surface area contributed by atoms with E-state index in [4.69, 9.17) is 11.2 Å². The molecule has 1 rings (SSSR count). The first-order chi connectivity index (χ1) is 9.20. The molecular formula is C14H18N2O3Si. The highest BCUT2D eigenvalue weighted by Gasteiger charge is 2.26. The smallest absolute Gasteiger partial charge is 0.340 e. The number of carbonyl (C=O) groups excluding carboxylic acids is 2. The van der Waals surface area contributed by atoms with Crippen LogP contribution in [-0.2, 0) is 9.53 Å². The maximum atomic E-state index is 11.8. The molecule has 0 aromatic carbocycles. The highest BCUT2D eigenvalue weighted by Crippen LogP contribution is 2.15. The number of amides is 1. The van der Waals surface area contributed by atoms with Gasteiger partial charge in [0.15, 0.2) is 0 Å². The highest BCUT2D eigenvalue weighted by atomic mass is 28.3. The average molecular weight is 290 g/mol. The van der Waals surface area contributed by atoms with Gasteiger partial charge in [-0.15, -0.1) is 6.42 Å². The Kier molecular flexibility index (Phi) is 4.68. The van der Waals surface area contributed by atoms with E-state index in [2.05, 4.69) is 35.9 Å². The number of carbonyl (C=O) groups is 2. The fraction of sp³-hybridized carbons (Fsp3) is 0.357. The molecule has 0 spiro atoms. The second-order valence-corrected chi connectivity index (χ2v) is 10.4. The van der Waals surface area contributed by atoms with Gasteiger partial charge in [-0.3, -0.25) is 4.79 Å². The van der Waals surface area contributed by atoms with Crippen molar-refractivity contribution in [2.45, 2.75) is 26.6 Å². The number of hydrogen-bond donors (Lipinski definition) is 1. The summed E-state index contributed by atoms with van der Waals surface area (Å²) < 4.78 is 4.72. The van der Waals surface area contributed by atoms with Gasteiger partial charge in [-0.25, -0.2) is 9.78 Å². The Morgan fingerprint density at radius 3 is 2.40 bits per heavy atom. The molecular weight excluding hydrogens is 272 g/mol. The van der Waals surface area contributed by atoms with E-state index in [1.54, 1.807) is 6.07 Å². The summed E-state index contributed by atoms with van der Waals surface area (Å²) in [5.74, 6) is 2.02. The van der Waals surface area contributed by atoms with Crippen LogP contribution in [0.4, 0.5) is 5.82 Å². The minimum absolute atomic E-state index is 0.169. The van der Waals surface area contributed by atoms with Gasteiger partial charge >= 0.3 is 5.97 Å². The molecule has 1 amide bonds. The minimum Gasteiger partial charge on any atom is -0.465 e. The van der Waals surface area contributed by atoms with Gasteiger partial charge in [0.1, 0.15) is 11.5 Å². The topological polar surface area (TPSA) is 68.3 Å². The third-order valence-electron chi connectivity index (χ3n) is 2.67. The van der Waals surface area contributed by atoms with E-state index in [0.29, 0.717) is 5.82 Å². The molecule has 106 valence electrons. The Bertz CT molecular complexity index is 598. The zero-order valence-electron chi connectivity index (χ0n) is 12.3. The maximum absolute atomic E-state index is 11.8. The van der Waals surface area contributed by atoms with Crippen molar-refractivity contribution in [2.24, 2.45) is 0 Å². The van der Waals surface area contributed by atoms with Crippen LogP contribution in [0.5, 0.6) is 0 Å². The normalized spacial score (nSPS) is 10.6. The molecule has 1 heterocycles. The Labute approximate surface area is 119 Å². The number of esters is 1. The first kappa shape index (κ1) is 15.9. The second-order valence-electron chi connectivity index (χ2n) is 5.35. The van der Waals surface area contributed by atoms with Crippen molar-refractivity contribution in [3.05, 3.63) is 17.3 Å². The van der Waals surface area contributed by atoms with Crippen molar-refractivity contribution in [2.75, 3.05) is 12.4 Å². The van der Waals surface area contributed by atoms with Gasteiger partial charge in [0.05, 0.1) is 20.7 Å². The Morgan fingerprint density at radius 1 is 1.40 bits per heavy atom. The van der Waals surface area contributed by atoms with Crippen LogP contribution in [0, 0.1) is 12.3 Å². The van der Waals surface area contributed by atoms with Crippen LogP contribution in [0.15, 0.2) is 6.07 Å². The molecule has 20 heavy (non-hydrogen) atoms. The lowest BCUT2D eigenvalue weighted by molar-refractivity contribution is -0.114. The number of nitrogens with one attached hydrogen (secondary N) is 1. The van der Waals surface area contributed by atoms with Crippen molar-refractivity contribution in [3.8, 4) is 12.3 Å². The zero-order valence-corrected chi connectivity index (χ0v) is 13.3. The van der Waals surface area contributed by atoms with Gasteiger partial charge < -0.3 is 10.1 Å². The summed E-state index contributed by atoms with van der Waals surface area (Å²) in [7, 11) is -0.534. The van der Waals surface area contributed by atoms with Crippen molar-refractivity contribution >= 4 is 31.0 Å². The fourth-order valence-electron chi connectivity index (χ4n) is 1.72. The number of hydrogen-bond acceptors (Lipinski definition) is 4. The molecule has 0 saturated carbocycles. The molecule has 0 unspecified atom stereocenters. The molecule has 0 aliphatic heterocycles. The third-order valence-corrected chi connectivity index (χ3v) is 4.66. The van der Waals surface area contributed by atoms with Gasteiger partial charge in [-0.1, -0.05) is 19.6 Å². The Balaban J connectivity index is 3.58. The number of nitrogens with zero attached hydrogens (tertiary/aromatic N) is 1. The SMILES string of the molecule is C#Cc1nc(NC(C)=O)c([Si](C)(C)C)cc1C(=O)OC. The van der Waals surface area contributed by atoms with E-state index >= 15 is 0 Å². The lowest BCUT2D eigenvalue weighted by Crippen LogP contribution is -2.41. The van der Waals surface area contributed by atoms with E-state index in [0.717, 1.165) is 5.19 Å². The van der Waals surface area contributed by atoms with Crippen molar-refractivity contribution in [1.82, 2.24) is 4.98 Å². The van der Waals surface area contributed by atoms with Gasteiger partial charge in [-0.2, -0.15) is 0 Å². The highest BCUT2D eigenvalue weighted by molar-refractivity contribution is 6.89. The monoisotopic (exact) mass is 290 g/mol. The van der Waals surface area contributed by atoms with Crippen LogP contribution in [0.1, 0.15) is 23.0 Å². The molecule has 0 radical (unpaired) electrons. The van der Waals surface area contributed by atoms with Crippen molar-refractivity contribution in [1.29, 1.82) is 0 Å². The lowest BCUT2D eigenvalue weighted by Gasteiger charge is -2.21. The average Bonchev–Trinajstić information content (AvgIpc) is 2.35. The molecule has 1 aromatic rings. The Hall–Kier alpha value is -2.13. The van der Waals surface area contributed by atoms with Crippen LogP contribution in [0.25, 0.3) is 0 Å². The van der Waals surface area contributed by atoms with Crippen LogP contribution in [0.2, 0.25) is 19.6 Å². The summed E-state index contributed by atoms with van der Waals surface area (Å²) in [6, 6.07) is 1.69. The molecule has 5 nitrogen and oxygen atoms in total. The molecule has 0 aliphatic rings. The van der Waals surface area contributed by atoms with E-state index in [1.807, 2.05) is 0 Å². The number of rotatable bonds is 3. The Morgan fingerprint density at radius 2 is 2.00 bits per heavy atom. The molecule has 0 saturated heterocycles. The summed E-state index contributed by atoms with van der Waals surface area (Å²) in [5.41, 5.74) is 0.420. The predicted octanol–water partition coefficient (Wildman–Crippen LogP) is 1.35. The van der Waals surface area contributed by atoms with Crippen LogP contribution >= 0.6 is 0 Å². The quantitative estimate of drug-likeness (QED) is 0.518. The summed E-state index contributed by atoms with van der Waals surface area (Å²) in [6.45, 7) is 7.67. The van der Waals surface area contributed by atoms with Crippen LogP contribution in [0.3, 0.4) is 0 Å². The molecule has 0 aliphatic carbocycles. The van der Waals surface area contributed by atoms with Gasteiger partial charge in [-0.05, 0) is 17.2 Å².